The minimum atomic E-state index is -0.726. The van der Waals surface area contributed by atoms with Crippen LogP contribution in [-0.4, -0.2) is 28.8 Å². The first-order chi connectivity index (χ1) is 9.47. The lowest BCUT2D eigenvalue weighted by atomic mass is 10.1. The van der Waals surface area contributed by atoms with Crippen molar-refractivity contribution >= 4 is 0 Å². The fraction of sp³-hybridized carbons (Fsp3) is 0.400. The van der Waals surface area contributed by atoms with Crippen molar-refractivity contribution in [2.24, 2.45) is 0 Å². The number of aryl methyl sites for hydroxylation is 2. The van der Waals surface area contributed by atoms with E-state index in [1.807, 2.05) is 25.8 Å². The zero-order valence-electron chi connectivity index (χ0n) is 11.9. The van der Waals surface area contributed by atoms with Crippen molar-refractivity contribution in [1.29, 1.82) is 0 Å². The Kier molecular flexibility index (Phi) is 4.52. The fourth-order valence-electron chi connectivity index (χ4n) is 2.18. The molecule has 1 aromatic carbocycles. The van der Waals surface area contributed by atoms with Crippen LogP contribution >= 0.6 is 0 Å². The quantitative estimate of drug-likeness (QED) is 0.913. The van der Waals surface area contributed by atoms with E-state index >= 15 is 0 Å². The summed E-state index contributed by atoms with van der Waals surface area (Å²) < 4.78 is 18.2. The van der Waals surface area contributed by atoms with Crippen molar-refractivity contribution in [3.63, 3.8) is 0 Å². The average Bonchev–Trinajstić information content (AvgIpc) is 2.70. The number of hydrogen-bond acceptors (Lipinski definition) is 4. The lowest BCUT2D eigenvalue weighted by Gasteiger charge is -2.20. The molecule has 1 N–H and O–H groups in total. The summed E-state index contributed by atoms with van der Waals surface area (Å²) in [5, 5.41) is 14.0. The Hall–Kier alpha value is -1.72. The molecule has 0 aliphatic heterocycles. The molecule has 0 unspecified atom stereocenters. The Morgan fingerprint density at radius 3 is 2.75 bits per heavy atom. The number of nitrogens with zero attached hydrogens (tertiary/aromatic N) is 2. The minimum Gasteiger partial charge on any atom is -0.387 e. The molecule has 0 amide bonds. The molecule has 0 aliphatic rings. The highest BCUT2D eigenvalue weighted by atomic mass is 19.1. The zero-order chi connectivity index (χ0) is 14.7. The van der Waals surface area contributed by atoms with Crippen LogP contribution in [0.2, 0.25) is 0 Å². The molecule has 0 radical (unpaired) electrons. The molecule has 2 rings (SSSR count). The van der Waals surface area contributed by atoms with Gasteiger partial charge in [0, 0.05) is 18.7 Å². The van der Waals surface area contributed by atoms with Crippen LogP contribution in [0.15, 0.2) is 28.8 Å². The number of aliphatic hydroxyl groups is 1. The highest BCUT2D eigenvalue weighted by Crippen LogP contribution is 2.18. The third-order valence-electron chi connectivity index (χ3n) is 3.33. The molecule has 1 heterocycles. The van der Waals surface area contributed by atoms with E-state index in [1.165, 1.54) is 12.1 Å². The SMILES string of the molecule is Cc1noc(C)c1CN(C)C[C@H](O)c1cccc(F)c1. The van der Waals surface area contributed by atoms with Gasteiger partial charge >= 0.3 is 0 Å². The first kappa shape index (κ1) is 14.7. The largest absolute Gasteiger partial charge is 0.387 e. The van der Waals surface area contributed by atoms with Crippen LogP contribution in [0.25, 0.3) is 0 Å². The molecule has 5 heteroatoms. The maximum atomic E-state index is 13.1. The maximum absolute atomic E-state index is 13.1. The van der Waals surface area contributed by atoms with Gasteiger partial charge in [0.05, 0.1) is 11.8 Å². The summed E-state index contributed by atoms with van der Waals surface area (Å²) in [6.07, 6.45) is -0.726. The molecular formula is C15H19FN2O2. The van der Waals surface area contributed by atoms with E-state index in [0.717, 1.165) is 17.0 Å². The second kappa shape index (κ2) is 6.15. The molecule has 0 saturated heterocycles. The van der Waals surface area contributed by atoms with Gasteiger partial charge in [0.15, 0.2) is 0 Å². The van der Waals surface area contributed by atoms with E-state index in [1.54, 1.807) is 12.1 Å². The van der Waals surface area contributed by atoms with Gasteiger partial charge in [0.1, 0.15) is 11.6 Å². The van der Waals surface area contributed by atoms with Crippen LogP contribution in [0.1, 0.15) is 28.7 Å². The van der Waals surface area contributed by atoms with E-state index < -0.39 is 6.10 Å². The molecule has 108 valence electrons. The number of rotatable bonds is 5. The number of hydrogen-bond donors (Lipinski definition) is 1. The normalized spacial score (nSPS) is 12.9. The van der Waals surface area contributed by atoms with Crippen LogP contribution < -0.4 is 0 Å². The Bertz CT molecular complexity index is 564. The van der Waals surface area contributed by atoms with E-state index in [2.05, 4.69) is 5.16 Å². The van der Waals surface area contributed by atoms with Gasteiger partial charge in [-0.25, -0.2) is 4.39 Å². The molecule has 0 aliphatic carbocycles. The van der Waals surface area contributed by atoms with Crippen molar-refractivity contribution in [2.75, 3.05) is 13.6 Å². The number of aliphatic hydroxyl groups excluding tert-OH is 1. The van der Waals surface area contributed by atoms with Crippen LogP contribution in [0, 0.1) is 19.7 Å². The van der Waals surface area contributed by atoms with Gasteiger partial charge in [0.25, 0.3) is 0 Å². The van der Waals surface area contributed by atoms with Crippen LogP contribution in [-0.2, 0) is 6.54 Å². The molecule has 0 bridgehead atoms. The van der Waals surface area contributed by atoms with Gasteiger partial charge in [-0.05, 0) is 38.6 Å². The molecule has 0 saturated carbocycles. The number of likely N-dealkylation sites (N-methyl/N-ethyl adjacent to an activating group) is 1. The van der Waals surface area contributed by atoms with E-state index in [0.29, 0.717) is 18.7 Å². The third kappa shape index (κ3) is 3.43. The minimum absolute atomic E-state index is 0.338. The van der Waals surface area contributed by atoms with Crippen molar-refractivity contribution in [3.05, 3.63) is 52.7 Å². The molecule has 2 aromatic rings. The number of aromatic nitrogens is 1. The summed E-state index contributed by atoms with van der Waals surface area (Å²) in [5.41, 5.74) is 2.46. The van der Waals surface area contributed by atoms with Gasteiger partial charge in [-0.15, -0.1) is 0 Å². The maximum Gasteiger partial charge on any atom is 0.138 e. The van der Waals surface area contributed by atoms with Crippen molar-refractivity contribution < 1.29 is 14.0 Å². The standard InChI is InChI=1S/C15H19FN2O2/c1-10-14(11(2)20-17-10)8-18(3)9-15(19)12-5-4-6-13(16)7-12/h4-7,15,19H,8-9H2,1-3H3/t15-/m0/s1. The summed E-state index contributed by atoms with van der Waals surface area (Å²) in [6, 6.07) is 6.04. The zero-order valence-corrected chi connectivity index (χ0v) is 11.9. The summed E-state index contributed by atoms with van der Waals surface area (Å²) in [4.78, 5) is 1.96. The van der Waals surface area contributed by atoms with Crippen molar-refractivity contribution in [2.45, 2.75) is 26.5 Å². The van der Waals surface area contributed by atoms with Gasteiger partial charge in [-0.2, -0.15) is 0 Å². The van der Waals surface area contributed by atoms with Gasteiger partial charge in [0.2, 0.25) is 0 Å². The van der Waals surface area contributed by atoms with E-state index in [4.69, 9.17) is 4.52 Å². The van der Waals surface area contributed by atoms with Gasteiger partial charge in [-0.3, -0.25) is 4.90 Å². The Morgan fingerprint density at radius 1 is 1.40 bits per heavy atom. The lowest BCUT2D eigenvalue weighted by Crippen LogP contribution is -2.24. The highest BCUT2D eigenvalue weighted by molar-refractivity contribution is 5.21. The molecule has 1 aromatic heterocycles. The molecule has 0 fully saturated rings. The van der Waals surface area contributed by atoms with Crippen molar-refractivity contribution in [1.82, 2.24) is 10.1 Å². The third-order valence-corrected chi connectivity index (χ3v) is 3.33. The molecule has 20 heavy (non-hydrogen) atoms. The second-order valence-electron chi connectivity index (χ2n) is 5.07. The van der Waals surface area contributed by atoms with E-state index in [-0.39, 0.29) is 5.82 Å². The topological polar surface area (TPSA) is 49.5 Å². The Balaban J connectivity index is 1.99. The monoisotopic (exact) mass is 278 g/mol. The molecule has 0 spiro atoms. The van der Waals surface area contributed by atoms with Gasteiger partial charge in [-0.1, -0.05) is 17.3 Å². The number of halogens is 1. The smallest absolute Gasteiger partial charge is 0.138 e. The Labute approximate surface area is 117 Å². The second-order valence-corrected chi connectivity index (χ2v) is 5.07. The summed E-state index contributed by atoms with van der Waals surface area (Å²) in [6.45, 7) is 4.80. The summed E-state index contributed by atoms with van der Waals surface area (Å²) in [5.74, 6) is 0.449. The Morgan fingerprint density at radius 2 is 2.15 bits per heavy atom. The first-order valence-corrected chi connectivity index (χ1v) is 6.51. The number of benzene rings is 1. The average molecular weight is 278 g/mol. The molecule has 4 nitrogen and oxygen atoms in total. The van der Waals surface area contributed by atoms with Crippen LogP contribution in [0.4, 0.5) is 4.39 Å². The highest BCUT2D eigenvalue weighted by Gasteiger charge is 2.15. The van der Waals surface area contributed by atoms with E-state index in [9.17, 15) is 9.50 Å². The predicted octanol–water partition coefficient (Wildman–Crippen LogP) is 2.60. The van der Waals surface area contributed by atoms with Crippen LogP contribution in [0.3, 0.4) is 0 Å². The van der Waals surface area contributed by atoms with Crippen molar-refractivity contribution in [3.8, 4) is 0 Å². The van der Waals surface area contributed by atoms with Crippen LogP contribution in [0.5, 0.6) is 0 Å². The lowest BCUT2D eigenvalue weighted by molar-refractivity contribution is 0.123. The fourth-order valence-corrected chi connectivity index (χ4v) is 2.18. The summed E-state index contributed by atoms with van der Waals surface area (Å²) in [7, 11) is 1.90. The van der Waals surface area contributed by atoms with Gasteiger partial charge < -0.3 is 9.63 Å². The summed E-state index contributed by atoms with van der Waals surface area (Å²) >= 11 is 0. The molecular weight excluding hydrogens is 259 g/mol. The molecule has 1 atom stereocenters. The predicted molar refractivity (Wildman–Crippen MR) is 73.7 cm³/mol. The first-order valence-electron chi connectivity index (χ1n) is 6.51.